The van der Waals surface area contributed by atoms with Gasteiger partial charge >= 0.3 is 0 Å². The van der Waals surface area contributed by atoms with Crippen molar-refractivity contribution in [1.29, 1.82) is 0 Å². The number of hydrogen-bond donors (Lipinski definition) is 0. The van der Waals surface area contributed by atoms with E-state index >= 15 is 0 Å². The Morgan fingerprint density at radius 2 is 1.60 bits per heavy atom. The van der Waals surface area contributed by atoms with Gasteiger partial charge in [0.2, 0.25) is 0 Å². The minimum Gasteiger partial charge on any atom is -0.486 e. The van der Waals surface area contributed by atoms with Crippen molar-refractivity contribution in [2.45, 2.75) is 13.0 Å². The zero-order chi connectivity index (χ0) is 14.4. The first-order chi connectivity index (χ1) is 9.70. The summed E-state index contributed by atoms with van der Waals surface area (Å²) in [5.74, 6) is 0.694. The quantitative estimate of drug-likeness (QED) is 0.807. The fourth-order valence-corrected chi connectivity index (χ4v) is 2.02. The highest BCUT2D eigenvalue weighted by molar-refractivity contribution is 5.77. The summed E-state index contributed by atoms with van der Waals surface area (Å²) in [6, 6.07) is 17.7. The second-order valence-corrected chi connectivity index (χ2v) is 4.59. The molecule has 0 heterocycles. The number of carbonyl (C=O) groups is 1. The average Bonchev–Trinajstić information content (AvgIpc) is 2.48. The van der Waals surface area contributed by atoms with Crippen LogP contribution >= 0.6 is 0 Å². The van der Waals surface area contributed by atoms with Crippen molar-refractivity contribution >= 4 is 5.78 Å². The molecule has 1 atom stereocenters. The number of carbonyl (C=O) groups excluding carboxylic acids is 1. The number of benzene rings is 2. The van der Waals surface area contributed by atoms with E-state index in [0.29, 0.717) is 5.75 Å². The Labute approximate surface area is 119 Å². The highest BCUT2D eigenvalue weighted by Crippen LogP contribution is 2.26. The number of hydrogen-bond acceptors (Lipinski definition) is 3. The van der Waals surface area contributed by atoms with Crippen molar-refractivity contribution in [3.05, 3.63) is 65.7 Å². The summed E-state index contributed by atoms with van der Waals surface area (Å²) in [6.07, 6.45) is -0.0990. The first-order valence-corrected chi connectivity index (χ1v) is 6.50. The fraction of sp³-hybridized carbons (Fsp3) is 0.235. The Hall–Kier alpha value is -2.13. The van der Waals surface area contributed by atoms with E-state index in [1.54, 1.807) is 7.11 Å². The lowest BCUT2D eigenvalue weighted by atomic mass is 10.0. The molecule has 3 heteroatoms. The second kappa shape index (κ2) is 6.87. The maximum Gasteiger partial charge on any atom is 0.167 e. The predicted octanol–water partition coefficient (Wildman–Crippen LogP) is 3.39. The van der Waals surface area contributed by atoms with E-state index in [-0.39, 0.29) is 18.5 Å². The van der Waals surface area contributed by atoms with Gasteiger partial charge in [0, 0.05) is 7.11 Å². The van der Waals surface area contributed by atoms with Crippen molar-refractivity contribution in [3.63, 3.8) is 0 Å². The van der Waals surface area contributed by atoms with Gasteiger partial charge in [-0.3, -0.25) is 4.79 Å². The molecule has 3 nitrogen and oxygen atoms in total. The third-order valence-electron chi connectivity index (χ3n) is 2.96. The van der Waals surface area contributed by atoms with Crippen molar-refractivity contribution in [2.75, 3.05) is 13.7 Å². The lowest BCUT2D eigenvalue weighted by Gasteiger charge is -2.16. The van der Waals surface area contributed by atoms with Crippen molar-refractivity contribution in [2.24, 2.45) is 0 Å². The van der Waals surface area contributed by atoms with Crippen LogP contribution in [-0.4, -0.2) is 19.5 Å². The summed E-state index contributed by atoms with van der Waals surface area (Å²) in [7, 11) is 1.69. The van der Waals surface area contributed by atoms with Crippen LogP contribution in [0.4, 0.5) is 0 Å². The second-order valence-electron chi connectivity index (χ2n) is 4.59. The maximum absolute atomic E-state index is 10.9. The molecule has 20 heavy (non-hydrogen) atoms. The van der Waals surface area contributed by atoms with Crippen LogP contribution in [-0.2, 0) is 9.53 Å². The third kappa shape index (κ3) is 3.68. The van der Waals surface area contributed by atoms with Crippen LogP contribution in [0.2, 0.25) is 0 Å². The molecule has 0 aliphatic rings. The molecule has 0 saturated carbocycles. The predicted molar refractivity (Wildman–Crippen MR) is 77.9 cm³/mol. The average molecular weight is 270 g/mol. The molecule has 0 aliphatic heterocycles. The van der Waals surface area contributed by atoms with Crippen molar-refractivity contribution in [3.8, 4) is 5.75 Å². The molecule has 0 saturated heterocycles. The molecule has 0 radical (unpaired) electrons. The fourth-order valence-electron chi connectivity index (χ4n) is 2.02. The van der Waals surface area contributed by atoms with Gasteiger partial charge in [-0.1, -0.05) is 42.5 Å². The Balaban J connectivity index is 2.13. The summed E-state index contributed by atoms with van der Waals surface area (Å²) in [5.41, 5.74) is 2.15. The third-order valence-corrected chi connectivity index (χ3v) is 2.96. The molecule has 0 fully saturated rings. The van der Waals surface area contributed by atoms with E-state index in [9.17, 15) is 4.79 Å². The molecule has 2 rings (SSSR count). The molecule has 104 valence electrons. The Kier molecular flexibility index (Phi) is 4.91. The highest BCUT2D eigenvalue weighted by atomic mass is 16.5. The van der Waals surface area contributed by atoms with Crippen LogP contribution in [0, 0.1) is 0 Å². The Morgan fingerprint density at radius 1 is 1.00 bits per heavy atom. The van der Waals surface area contributed by atoms with Crippen molar-refractivity contribution < 1.29 is 14.3 Å². The lowest BCUT2D eigenvalue weighted by Crippen LogP contribution is -2.07. The molecular formula is C17H18O3. The summed E-state index contributed by atoms with van der Waals surface area (Å²) in [4.78, 5) is 10.9. The molecule has 2 aromatic carbocycles. The van der Waals surface area contributed by atoms with E-state index < -0.39 is 0 Å². The van der Waals surface area contributed by atoms with Gasteiger partial charge in [-0.05, 0) is 30.2 Å². The zero-order valence-corrected chi connectivity index (χ0v) is 11.7. The molecule has 0 aliphatic carbocycles. The van der Waals surface area contributed by atoms with E-state index in [1.807, 2.05) is 54.6 Å². The highest BCUT2D eigenvalue weighted by Gasteiger charge is 2.12. The minimum absolute atomic E-state index is 0.00753. The number of ether oxygens (including phenoxy) is 2. The van der Waals surface area contributed by atoms with Gasteiger partial charge in [-0.15, -0.1) is 0 Å². The molecule has 0 bridgehead atoms. The van der Waals surface area contributed by atoms with E-state index in [4.69, 9.17) is 9.47 Å². The summed E-state index contributed by atoms with van der Waals surface area (Å²) in [5, 5.41) is 0. The van der Waals surface area contributed by atoms with Crippen LogP contribution in [0.1, 0.15) is 24.2 Å². The molecule has 0 amide bonds. The monoisotopic (exact) mass is 270 g/mol. The minimum atomic E-state index is -0.0990. The van der Waals surface area contributed by atoms with Gasteiger partial charge in [0.15, 0.2) is 5.78 Å². The molecule has 0 N–H and O–H groups in total. The van der Waals surface area contributed by atoms with Gasteiger partial charge in [-0.25, -0.2) is 0 Å². The van der Waals surface area contributed by atoms with Crippen LogP contribution in [0.15, 0.2) is 54.6 Å². The van der Waals surface area contributed by atoms with Gasteiger partial charge in [0.25, 0.3) is 0 Å². The molecule has 0 spiro atoms. The molecule has 2 aromatic rings. The van der Waals surface area contributed by atoms with Gasteiger partial charge in [0.1, 0.15) is 18.5 Å². The largest absolute Gasteiger partial charge is 0.486 e. The first kappa shape index (κ1) is 14.3. The van der Waals surface area contributed by atoms with Crippen molar-refractivity contribution in [1.82, 2.24) is 0 Å². The number of methoxy groups -OCH3 is 1. The Bertz CT molecular complexity index is 546. The van der Waals surface area contributed by atoms with E-state index in [2.05, 4.69) is 0 Å². The maximum atomic E-state index is 10.9. The summed E-state index contributed by atoms with van der Waals surface area (Å²) < 4.78 is 10.9. The molecule has 1 unspecified atom stereocenters. The van der Waals surface area contributed by atoms with Gasteiger partial charge in [0.05, 0.1) is 0 Å². The first-order valence-electron chi connectivity index (χ1n) is 6.50. The summed E-state index contributed by atoms with van der Waals surface area (Å²) in [6.45, 7) is 1.61. The Morgan fingerprint density at radius 3 is 2.15 bits per heavy atom. The van der Waals surface area contributed by atoms with Gasteiger partial charge in [-0.2, -0.15) is 0 Å². The lowest BCUT2D eigenvalue weighted by molar-refractivity contribution is -0.118. The van der Waals surface area contributed by atoms with Crippen LogP contribution in [0.25, 0.3) is 0 Å². The number of Topliss-reactive ketones (excluding diaryl/α,β-unsaturated/α-hetero) is 1. The number of ketones is 1. The van der Waals surface area contributed by atoms with Crippen LogP contribution in [0.5, 0.6) is 5.75 Å². The van der Waals surface area contributed by atoms with Crippen LogP contribution < -0.4 is 4.74 Å². The summed E-state index contributed by atoms with van der Waals surface area (Å²) >= 11 is 0. The molecular weight excluding hydrogens is 252 g/mol. The smallest absolute Gasteiger partial charge is 0.167 e. The van der Waals surface area contributed by atoms with Gasteiger partial charge < -0.3 is 9.47 Å². The zero-order valence-electron chi connectivity index (χ0n) is 11.7. The number of rotatable bonds is 6. The standard InChI is InChI=1S/C17H18O3/c1-13(18)12-20-16-10-8-15(9-11-16)17(19-2)14-6-4-3-5-7-14/h3-11,17H,12H2,1-2H3. The van der Waals surface area contributed by atoms with E-state index in [0.717, 1.165) is 11.1 Å². The van der Waals surface area contributed by atoms with Crippen LogP contribution in [0.3, 0.4) is 0 Å². The SMILES string of the molecule is COC(c1ccccc1)c1ccc(OCC(C)=O)cc1. The van der Waals surface area contributed by atoms with E-state index in [1.165, 1.54) is 6.92 Å². The topological polar surface area (TPSA) is 35.5 Å². The molecule has 0 aromatic heterocycles. The normalized spacial score (nSPS) is 11.9.